The first-order valence-corrected chi connectivity index (χ1v) is 7.49. The number of fused-ring (bicyclic) bond motifs is 1. The van der Waals surface area contributed by atoms with Gasteiger partial charge in [0.05, 0.1) is 16.8 Å². The Morgan fingerprint density at radius 2 is 2.10 bits per heavy atom. The summed E-state index contributed by atoms with van der Waals surface area (Å²) in [6.45, 7) is 1.31. The fourth-order valence-electron chi connectivity index (χ4n) is 3.19. The Morgan fingerprint density at radius 3 is 2.85 bits per heavy atom. The molecular formula is C14H16Cl2N2O2. The van der Waals surface area contributed by atoms with E-state index in [0.29, 0.717) is 34.7 Å². The molecule has 1 saturated carbocycles. The van der Waals surface area contributed by atoms with Crippen molar-refractivity contribution in [1.82, 2.24) is 4.90 Å². The number of nitrogens with one attached hydrogen (secondary N) is 1. The summed E-state index contributed by atoms with van der Waals surface area (Å²) in [4.78, 5) is 14.0. The van der Waals surface area contributed by atoms with E-state index in [9.17, 15) is 9.90 Å². The molecule has 3 atom stereocenters. The monoisotopic (exact) mass is 314 g/mol. The van der Waals surface area contributed by atoms with Crippen molar-refractivity contribution >= 4 is 34.9 Å². The van der Waals surface area contributed by atoms with E-state index in [0.717, 1.165) is 12.8 Å². The van der Waals surface area contributed by atoms with Crippen molar-refractivity contribution in [2.45, 2.75) is 18.9 Å². The molecule has 0 spiro atoms. The highest BCUT2D eigenvalue weighted by Gasteiger charge is 2.43. The summed E-state index contributed by atoms with van der Waals surface area (Å²) in [5, 5.41) is 13.6. The summed E-state index contributed by atoms with van der Waals surface area (Å²) in [5.74, 6) is 0.640. The molecule has 6 heteroatoms. The number of amides is 2. The zero-order valence-electron chi connectivity index (χ0n) is 10.9. The minimum Gasteiger partial charge on any atom is -0.393 e. The van der Waals surface area contributed by atoms with Gasteiger partial charge in [-0.3, -0.25) is 0 Å². The van der Waals surface area contributed by atoms with Gasteiger partial charge in [0.1, 0.15) is 0 Å². The van der Waals surface area contributed by atoms with Crippen LogP contribution in [0.5, 0.6) is 0 Å². The molecule has 2 fully saturated rings. The zero-order chi connectivity index (χ0) is 14.3. The van der Waals surface area contributed by atoms with Crippen LogP contribution in [0.25, 0.3) is 0 Å². The normalized spacial score (nSPS) is 28.6. The molecule has 4 nitrogen and oxygen atoms in total. The number of hydrogen-bond donors (Lipinski definition) is 2. The van der Waals surface area contributed by atoms with E-state index in [-0.39, 0.29) is 18.1 Å². The summed E-state index contributed by atoms with van der Waals surface area (Å²) in [7, 11) is 0. The molecule has 108 valence electrons. The maximum atomic E-state index is 12.2. The van der Waals surface area contributed by atoms with Crippen LogP contribution in [0.15, 0.2) is 18.2 Å². The lowest BCUT2D eigenvalue weighted by atomic mass is 10.00. The number of aliphatic hydroxyl groups excluding tert-OH is 1. The highest BCUT2D eigenvalue weighted by atomic mass is 35.5. The lowest BCUT2D eigenvalue weighted by molar-refractivity contribution is 0.127. The lowest BCUT2D eigenvalue weighted by Crippen LogP contribution is -2.34. The topological polar surface area (TPSA) is 52.6 Å². The van der Waals surface area contributed by atoms with E-state index in [2.05, 4.69) is 5.32 Å². The fourth-order valence-corrected chi connectivity index (χ4v) is 3.53. The van der Waals surface area contributed by atoms with Crippen LogP contribution in [0.4, 0.5) is 10.5 Å². The number of carbonyl (C=O) groups is 1. The Kier molecular flexibility index (Phi) is 3.80. The van der Waals surface area contributed by atoms with Crippen molar-refractivity contribution in [2.75, 3.05) is 18.4 Å². The SMILES string of the molecule is O=C(Nc1cc(Cl)ccc1Cl)N1CC2CCC(O)C2C1. The third kappa shape index (κ3) is 2.60. The second kappa shape index (κ2) is 5.43. The summed E-state index contributed by atoms with van der Waals surface area (Å²) in [5.41, 5.74) is 0.516. The Balaban J connectivity index is 1.67. The first-order chi connectivity index (χ1) is 9.54. The quantitative estimate of drug-likeness (QED) is 0.836. The van der Waals surface area contributed by atoms with Crippen LogP contribution in [-0.2, 0) is 0 Å². The highest BCUT2D eigenvalue weighted by molar-refractivity contribution is 6.35. The highest BCUT2D eigenvalue weighted by Crippen LogP contribution is 2.38. The molecule has 3 rings (SSSR count). The number of carbonyl (C=O) groups excluding carboxylic acids is 1. The van der Waals surface area contributed by atoms with E-state index in [1.165, 1.54) is 0 Å². The average Bonchev–Trinajstić information content (AvgIpc) is 2.97. The van der Waals surface area contributed by atoms with Gasteiger partial charge < -0.3 is 15.3 Å². The number of hydrogen-bond acceptors (Lipinski definition) is 2. The maximum absolute atomic E-state index is 12.2. The lowest BCUT2D eigenvalue weighted by Gasteiger charge is -2.19. The Labute approximate surface area is 127 Å². The van der Waals surface area contributed by atoms with Gasteiger partial charge in [0, 0.05) is 24.0 Å². The van der Waals surface area contributed by atoms with Gasteiger partial charge in [0.2, 0.25) is 0 Å². The van der Waals surface area contributed by atoms with Crippen LogP contribution >= 0.6 is 23.2 Å². The molecule has 3 unspecified atom stereocenters. The third-order valence-electron chi connectivity index (χ3n) is 4.28. The van der Waals surface area contributed by atoms with Gasteiger partial charge in [-0.2, -0.15) is 0 Å². The molecule has 1 aliphatic carbocycles. The van der Waals surface area contributed by atoms with Crippen LogP contribution in [0, 0.1) is 11.8 Å². The second-order valence-electron chi connectivity index (χ2n) is 5.53. The van der Waals surface area contributed by atoms with Crippen LogP contribution in [0.2, 0.25) is 10.0 Å². The van der Waals surface area contributed by atoms with Crippen molar-refractivity contribution in [3.05, 3.63) is 28.2 Å². The van der Waals surface area contributed by atoms with Crippen molar-refractivity contribution in [2.24, 2.45) is 11.8 Å². The van der Waals surface area contributed by atoms with Crippen molar-refractivity contribution < 1.29 is 9.90 Å². The average molecular weight is 315 g/mol. The number of likely N-dealkylation sites (tertiary alicyclic amines) is 1. The number of anilines is 1. The number of urea groups is 1. The van der Waals surface area contributed by atoms with Gasteiger partial charge in [-0.15, -0.1) is 0 Å². The number of rotatable bonds is 1. The van der Waals surface area contributed by atoms with Gasteiger partial charge in [-0.25, -0.2) is 4.79 Å². The third-order valence-corrected chi connectivity index (χ3v) is 4.84. The molecule has 1 heterocycles. The summed E-state index contributed by atoms with van der Waals surface area (Å²) in [6.07, 6.45) is 1.57. The van der Waals surface area contributed by atoms with Crippen LogP contribution in [-0.4, -0.2) is 35.2 Å². The van der Waals surface area contributed by atoms with E-state index >= 15 is 0 Å². The van der Waals surface area contributed by atoms with Crippen molar-refractivity contribution in [1.29, 1.82) is 0 Å². The fraction of sp³-hybridized carbons (Fsp3) is 0.500. The molecule has 20 heavy (non-hydrogen) atoms. The van der Waals surface area contributed by atoms with E-state index in [1.54, 1.807) is 23.1 Å². The number of halogens is 2. The van der Waals surface area contributed by atoms with Crippen LogP contribution in [0.1, 0.15) is 12.8 Å². The summed E-state index contributed by atoms with van der Waals surface area (Å²) < 4.78 is 0. The molecule has 2 N–H and O–H groups in total. The maximum Gasteiger partial charge on any atom is 0.321 e. The van der Waals surface area contributed by atoms with Gasteiger partial charge in [-0.05, 0) is 37.0 Å². The number of aliphatic hydroxyl groups is 1. The largest absolute Gasteiger partial charge is 0.393 e. The zero-order valence-corrected chi connectivity index (χ0v) is 12.4. The standard InChI is InChI=1S/C14H16Cl2N2O2/c15-9-2-3-11(16)12(5-9)17-14(20)18-6-8-1-4-13(19)10(8)7-18/h2-3,5,8,10,13,19H,1,4,6-7H2,(H,17,20). The van der Waals surface area contributed by atoms with Gasteiger partial charge in [-0.1, -0.05) is 23.2 Å². The smallest absolute Gasteiger partial charge is 0.321 e. The van der Waals surface area contributed by atoms with E-state index in [1.807, 2.05) is 0 Å². The summed E-state index contributed by atoms with van der Waals surface area (Å²) >= 11 is 11.9. The Bertz CT molecular complexity index is 538. The predicted octanol–water partition coefficient (Wildman–Crippen LogP) is 3.23. The van der Waals surface area contributed by atoms with Crippen molar-refractivity contribution in [3.63, 3.8) is 0 Å². The molecule has 0 radical (unpaired) electrons. The molecule has 2 aliphatic rings. The molecule has 1 aromatic carbocycles. The van der Waals surface area contributed by atoms with Crippen molar-refractivity contribution in [3.8, 4) is 0 Å². The molecule has 1 aliphatic heterocycles. The summed E-state index contributed by atoms with van der Waals surface area (Å²) in [6, 6.07) is 4.78. The number of benzene rings is 1. The molecule has 1 aromatic rings. The predicted molar refractivity (Wildman–Crippen MR) is 79.3 cm³/mol. The molecule has 2 amide bonds. The van der Waals surface area contributed by atoms with Crippen LogP contribution in [0.3, 0.4) is 0 Å². The van der Waals surface area contributed by atoms with Gasteiger partial charge in [0.15, 0.2) is 0 Å². The molecule has 1 saturated heterocycles. The van der Waals surface area contributed by atoms with Gasteiger partial charge >= 0.3 is 6.03 Å². The molecule has 0 aromatic heterocycles. The van der Waals surface area contributed by atoms with Crippen LogP contribution < -0.4 is 5.32 Å². The first kappa shape index (κ1) is 14.0. The minimum atomic E-state index is -0.271. The Morgan fingerprint density at radius 1 is 1.30 bits per heavy atom. The minimum absolute atomic E-state index is 0.184. The first-order valence-electron chi connectivity index (χ1n) is 6.73. The Hall–Kier alpha value is -0.970. The van der Waals surface area contributed by atoms with E-state index in [4.69, 9.17) is 23.2 Å². The molecular weight excluding hydrogens is 299 g/mol. The number of nitrogens with zero attached hydrogens (tertiary/aromatic N) is 1. The second-order valence-corrected chi connectivity index (χ2v) is 6.37. The van der Waals surface area contributed by atoms with E-state index < -0.39 is 0 Å². The van der Waals surface area contributed by atoms with Gasteiger partial charge in [0.25, 0.3) is 0 Å². The molecule has 0 bridgehead atoms.